The molecule has 1 fully saturated rings. The lowest BCUT2D eigenvalue weighted by atomic mass is 10.1. The molecule has 2 N–H and O–H groups in total. The first kappa shape index (κ1) is 20.5. The molecule has 1 heterocycles. The van der Waals surface area contributed by atoms with Gasteiger partial charge in [-0.2, -0.15) is 0 Å². The predicted molar refractivity (Wildman–Crippen MR) is 108 cm³/mol. The number of amides is 2. The van der Waals surface area contributed by atoms with Crippen molar-refractivity contribution in [3.05, 3.63) is 51.6 Å². The lowest BCUT2D eigenvalue weighted by molar-refractivity contribution is -0.117. The van der Waals surface area contributed by atoms with Gasteiger partial charge < -0.3 is 15.5 Å². The van der Waals surface area contributed by atoms with Crippen molar-refractivity contribution in [1.82, 2.24) is 9.88 Å². The molecule has 1 aromatic heterocycles. The van der Waals surface area contributed by atoms with Crippen molar-refractivity contribution in [3.63, 3.8) is 0 Å². The largest absolute Gasteiger partial charge is 0.322 e. The summed E-state index contributed by atoms with van der Waals surface area (Å²) in [5.41, 5.74) is 1.44. The smallest absolute Gasteiger partial charge is 0.258 e. The van der Waals surface area contributed by atoms with Gasteiger partial charge in [-0.3, -0.25) is 9.59 Å². The molecule has 0 aliphatic heterocycles. The summed E-state index contributed by atoms with van der Waals surface area (Å²) < 4.78 is 13.0. The molecular formula is C19H19Cl2FN4O2. The van der Waals surface area contributed by atoms with E-state index < -0.39 is 23.9 Å². The molecule has 2 aromatic rings. The number of carbonyl (C=O) groups excluding carboxylic acids is 2. The summed E-state index contributed by atoms with van der Waals surface area (Å²) >= 11 is 12.5. The van der Waals surface area contributed by atoms with Crippen LogP contribution >= 0.6 is 23.2 Å². The zero-order valence-electron chi connectivity index (χ0n) is 15.3. The zero-order chi connectivity index (χ0) is 20.4. The Morgan fingerprint density at radius 1 is 1.21 bits per heavy atom. The quantitative estimate of drug-likeness (QED) is 0.734. The molecule has 1 aromatic carbocycles. The number of hydrogen-bond donors (Lipinski definition) is 2. The number of anilines is 2. The minimum absolute atomic E-state index is 0.159. The highest BCUT2D eigenvalue weighted by Gasteiger charge is 2.43. The maximum atomic E-state index is 13.0. The number of halogens is 3. The van der Waals surface area contributed by atoms with E-state index in [-0.39, 0.29) is 27.8 Å². The molecule has 0 radical (unpaired) electrons. The second kappa shape index (κ2) is 8.43. The van der Waals surface area contributed by atoms with E-state index in [0.717, 1.165) is 5.56 Å². The Hall–Kier alpha value is -2.22. The summed E-state index contributed by atoms with van der Waals surface area (Å²) in [6.45, 7) is 0.634. The van der Waals surface area contributed by atoms with Crippen molar-refractivity contribution in [2.45, 2.75) is 19.1 Å². The van der Waals surface area contributed by atoms with E-state index in [9.17, 15) is 14.0 Å². The summed E-state index contributed by atoms with van der Waals surface area (Å²) in [5.74, 6) is -1.31. The van der Waals surface area contributed by atoms with Crippen LogP contribution in [-0.4, -0.2) is 42.0 Å². The Kier molecular flexibility index (Phi) is 6.17. The number of carbonyl (C=O) groups is 2. The van der Waals surface area contributed by atoms with Crippen LogP contribution in [0.5, 0.6) is 0 Å². The fraction of sp³-hybridized carbons (Fsp3) is 0.316. The molecule has 148 valence electrons. The second-order valence-electron chi connectivity index (χ2n) is 6.90. The number of nitrogens with zero attached hydrogens (tertiary/aromatic N) is 2. The van der Waals surface area contributed by atoms with Crippen LogP contribution in [0.4, 0.5) is 15.9 Å². The van der Waals surface area contributed by atoms with Gasteiger partial charge in [0.25, 0.3) is 5.91 Å². The number of hydrogen-bond acceptors (Lipinski definition) is 4. The van der Waals surface area contributed by atoms with Gasteiger partial charge in [0.2, 0.25) is 5.91 Å². The van der Waals surface area contributed by atoms with Crippen LogP contribution in [0, 0.1) is 5.92 Å². The number of alkyl halides is 1. The normalized spacial score (nSPS) is 18.1. The number of pyridine rings is 1. The molecule has 1 aliphatic rings. The first-order chi connectivity index (χ1) is 13.2. The van der Waals surface area contributed by atoms with E-state index in [0.29, 0.717) is 12.2 Å². The molecule has 2 atom stereocenters. The Morgan fingerprint density at radius 2 is 1.86 bits per heavy atom. The van der Waals surface area contributed by atoms with Crippen LogP contribution in [0.2, 0.25) is 10.0 Å². The third-order valence-corrected chi connectivity index (χ3v) is 4.74. The average molecular weight is 425 g/mol. The lowest BCUT2D eigenvalue weighted by Crippen LogP contribution is -2.17. The van der Waals surface area contributed by atoms with Crippen LogP contribution in [0.15, 0.2) is 30.5 Å². The van der Waals surface area contributed by atoms with Gasteiger partial charge in [0, 0.05) is 24.5 Å². The van der Waals surface area contributed by atoms with Crippen LogP contribution in [0.25, 0.3) is 0 Å². The van der Waals surface area contributed by atoms with Crippen molar-refractivity contribution < 1.29 is 14.0 Å². The molecule has 28 heavy (non-hydrogen) atoms. The van der Waals surface area contributed by atoms with Crippen molar-refractivity contribution in [2.24, 2.45) is 5.92 Å². The Morgan fingerprint density at radius 3 is 2.43 bits per heavy atom. The second-order valence-corrected chi connectivity index (χ2v) is 7.72. The van der Waals surface area contributed by atoms with Gasteiger partial charge in [0.15, 0.2) is 0 Å². The van der Waals surface area contributed by atoms with E-state index in [1.807, 2.05) is 19.0 Å². The first-order valence-corrected chi connectivity index (χ1v) is 9.35. The summed E-state index contributed by atoms with van der Waals surface area (Å²) in [7, 11) is 3.83. The van der Waals surface area contributed by atoms with Crippen LogP contribution in [0.3, 0.4) is 0 Å². The molecule has 1 aliphatic carbocycles. The van der Waals surface area contributed by atoms with Gasteiger partial charge in [-0.1, -0.05) is 23.2 Å². The summed E-state index contributed by atoms with van der Waals surface area (Å²) in [5, 5.41) is 5.71. The molecule has 9 heteroatoms. The van der Waals surface area contributed by atoms with E-state index in [4.69, 9.17) is 23.2 Å². The fourth-order valence-electron chi connectivity index (χ4n) is 2.72. The summed E-state index contributed by atoms with van der Waals surface area (Å²) in [4.78, 5) is 30.4. The molecule has 0 saturated heterocycles. The number of aromatic nitrogens is 1. The molecule has 6 nitrogen and oxygen atoms in total. The van der Waals surface area contributed by atoms with Crippen molar-refractivity contribution in [2.75, 3.05) is 24.7 Å². The molecule has 0 unspecified atom stereocenters. The van der Waals surface area contributed by atoms with Crippen LogP contribution in [-0.2, 0) is 11.3 Å². The lowest BCUT2D eigenvalue weighted by Gasteiger charge is -2.14. The van der Waals surface area contributed by atoms with Crippen molar-refractivity contribution >= 4 is 46.5 Å². The molecular weight excluding hydrogens is 406 g/mol. The molecule has 2 amide bonds. The zero-order valence-corrected chi connectivity index (χ0v) is 16.8. The van der Waals surface area contributed by atoms with Crippen molar-refractivity contribution in [3.8, 4) is 0 Å². The van der Waals surface area contributed by atoms with Gasteiger partial charge in [-0.15, -0.1) is 0 Å². The highest BCUT2D eigenvalue weighted by Crippen LogP contribution is 2.34. The molecule has 0 bridgehead atoms. The summed E-state index contributed by atoms with van der Waals surface area (Å²) in [6, 6.07) is 6.44. The number of rotatable bonds is 6. The Bertz CT molecular complexity index is 900. The van der Waals surface area contributed by atoms with Gasteiger partial charge in [-0.05, 0) is 44.3 Å². The maximum Gasteiger partial charge on any atom is 0.258 e. The highest BCUT2D eigenvalue weighted by molar-refractivity contribution is 6.40. The molecule has 0 spiro atoms. The minimum Gasteiger partial charge on any atom is -0.322 e. The standard InChI is InChI=1S/C19H19Cl2FN4O2/c1-26(2)9-10-5-13(20)17(14(21)6-10)19(28)24-11-3-4-23-16(7-11)25-18(27)12-8-15(12)22/h3-7,12,15H,8-9H2,1-2H3,(H2,23,24,25,27,28)/t12-,15+/m1/s1. The van der Waals surface area contributed by atoms with E-state index in [2.05, 4.69) is 15.6 Å². The van der Waals surface area contributed by atoms with Crippen LogP contribution < -0.4 is 10.6 Å². The van der Waals surface area contributed by atoms with Gasteiger partial charge >= 0.3 is 0 Å². The molecule has 1 saturated carbocycles. The SMILES string of the molecule is CN(C)Cc1cc(Cl)c(C(=O)Nc2ccnc(NC(=O)[C@@H]3C[C@@H]3F)c2)c(Cl)c1. The topological polar surface area (TPSA) is 74.3 Å². The molecule has 3 rings (SSSR count). The number of benzene rings is 1. The van der Waals surface area contributed by atoms with E-state index >= 15 is 0 Å². The van der Waals surface area contributed by atoms with Gasteiger partial charge in [-0.25, -0.2) is 9.37 Å². The van der Waals surface area contributed by atoms with E-state index in [1.165, 1.54) is 12.3 Å². The monoisotopic (exact) mass is 424 g/mol. The predicted octanol–water partition coefficient (Wildman–Crippen LogP) is 4.00. The summed E-state index contributed by atoms with van der Waals surface area (Å²) in [6.07, 6.45) is 0.556. The van der Waals surface area contributed by atoms with Gasteiger partial charge in [0.1, 0.15) is 12.0 Å². The fourth-order valence-corrected chi connectivity index (χ4v) is 3.43. The first-order valence-electron chi connectivity index (χ1n) is 8.59. The van der Waals surface area contributed by atoms with Crippen molar-refractivity contribution in [1.29, 1.82) is 0 Å². The van der Waals surface area contributed by atoms with Crippen LogP contribution in [0.1, 0.15) is 22.3 Å². The maximum absolute atomic E-state index is 13.0. The highest BCUT2D eigenvalue weighted by atomic mass is 35.5. The van der Waals surface area contributed by atoms with Gasteiger partial charge in [0.05, 0.1) is 21.5 Å². The Balaban J connectivity index is 1.72. The third-order valence-electron chi connectivity index (χ3n) is 4.15. The Labute approximate surface area is 172 Å². The number of nitrogens with one attached hydrogen (secondary N) is 2. The minimum atomic E-state index is -1.09. The average Bonchev–Trinajstić information content (AvgIpc) is 3.31. The third kappa shape index (κ3) is 4.98. The van der Waals surface area contributed by atoms with E-state index in [1.54, 1.807) is 18.2 Å².